The number of nitrogen functional groups attached to an aromatic ring is 1. The lowest BCUT2D eigenvalue weighted by Crippen LogP contribution is -2.17. The number of amides is 1. The fourth-order valence-electron chi connectivity index (χ4n) is 2.53. The molecule has 1 amide bonds. The first-order chi connectivity index (χ1) is 15.7. The number of nitrogens with two attached hydrogens (primary N) is 1. The lowest BCUT2D eigenvalue weighted by molar-refractivity contribution is -0.137. The molecule has 1 aromatic heterocycles. The van der Waals surface area contributed by atoms with E-state index in [-0.39, 0.29) is 22.5 Å². The SMILES string of the molecule is COc1ccccc1/C=N/Nc1nnc(SCC(=O)Nc2ccc(Cl)c(C(F)(F)F)c2)n1N. The standard InChI is InChI=1S/C19H17ClF3N7O2S/c1-32-15-5-3-2-4-11(15)9-25-27-17-28-29-18(30(17)24)33-10-16(31)26-12-6-7-14(20)13(8-12)19(21,22)23/h2-9H,10,24H2,1H3,(H,26,31)(H,27,28)/b25-9+. The van der Waals surface area contributed by atoms with Gasteiger partial charge >= 0.3 is 6.18 Å². The van der Waals surface area contributed by atoms with Crippen LogP contribution in [0.25, 0.3) is 0 Å². The Morgan fingerprint density at radius 3 is 2.79 bits per heavy atom. The molecule has 0 aliphatic heterocycles. The molecule has 1 heterocycles. The van der Waals surface area contributed by atoms with Gasteiger partial charge in [-0.25, -0.2) is 10.1 Å². The minimum atomic E-state index is -4.64. The highest BCUT2D eigenvalue weighted by Gasteiger charge is 2.33. The number of nitrogens with one attached hydrogen (secondary N) is 2. The molecule has 33 heavy (non-hydrogen) atoms. The van der Waals surface area contributed by atoms with E-state index in [9.17, 15) is 18.0 Å². The second-order valence-electron chi connectivity index (χ2n) is 6.32. The Balaban J connectivity index is 1.57. The summed E-state index contributed by atoms with van der Waals surface area (Å²) in [5.74, 6) is 5.89. The van der Waals surface area contributed by atoms with Crippen LogP contribution in [0.15, 0.2) is 52.7 Å². The topological polar surface area (TPSA) is 119 Å². The fourth-order valence-corrected chi connectivity index (χ4v) is 3.41. The van der Waals surface area contributed by atoms with Gasteiger partial charge in [0, 0.05) is 11.3 Å². The Morgan fingerprint density at radius 2 is 2.06 bits per heavy atom. The van der Waals surface area contributed by atoms with Crippen LogP contribution in [0.1, 0.15) is 11.1 Å². The summed E-state index contributed by atoms with van der Waals surface area (Å²) in [4.78, 5) is 12.1. The largest absolute Gasteiger partial charge is 0.496 e. The molecule has 3 rings (SSSR count). The van der Waals surface area contributed by atoms with E-state index in [2.05, 4.69) is 26.0 Å². The van der Waals surface area contributed by atoms with Crippen molar-refractivity contribution >= 4 is 47.1 Å². The van der Waals surface area contributed by atoms with Gasteiger partial charge in [0.15, 0.2) is 0 Å². The van der Waals surface area contributed by atoms with Crippen molar-refractivity contribution in [2.75, 3.05) is 29.4 Å². The van der Waals surface area contributed by atoms with Gasteiger partial charge in [0.2, 0.25) is 11.1 Å². The number of para-hydroxylation sites is 1. The van der Waals surface area contributed by atoms with E-state index in [0.717, 1.165) is 34.1 Å². The molecule has 0 saturated heterocycles. The van der Waals surface area contributed by atoms with Crippen molar-refractivity contribution in [2.24, 2.45) is 5.10 Å². The van der Waals surface area contributed by atoms with Gasteiger partial charge in [0.05, 0.1) is 29.7 Å². The summed E-state index contributed by atoms with van der Waals surface area (Å²) in [6.45, 7) is 0. The molecule has 3 aromatic rings. The fraction of sp³-hybridized carbons (Fsp3) is 0.158. The summed E-state index contributed by atoms with van der Waals surface area (Å²) < 4.78 is 45.2. The number of hydrazone groups is 1. The van der Waals surface area contributed by atoms with Gasteiger partial charge in [-0.1, -0.05) is 35.5 Å². The number of methoxy groups -OCH3 is 1. The average molecular weight is 500 g/mol. The number of aromatic nitrogens is 3. The van der Waals surface area contributed by atoms with Crippen molar-refractivity contribution in [3.63, 3.8) is 0 Å². The maximum Gasteiger partial charge on any atom is 0.417 e. The van der Waals surface area contributed by atoms with E-state index >= 15 is 0 Å². The van der Waals surface area contributed by atoms with Crippen LogP contribution in [-0.4, -0.2) is 39.9 Å². The Morgan fingerprint density at radius 1 is 1.30 bits per heavy atom. The van der Waals surface area contributed by atoms with Crippen LogP contribution in [0.4, 0.5) is 24.8 Å². The number of rotatable bonds is 8. The molecule has 0 unspecified atom stereocenters. The van der Waals surface area contributed by atoms with Crippen molar-refractivity contribution in [3.05, 3.63) is 58.6 Å². The molecule has 0 saturated carbocycles. The van der Waals surface area contributed by atoms with Gasteiger partial charge in [0.25, 0.3) is 5.95 Å². The smallest absolute Gasteiger partial charge is 0.417 e. The Hall–Kier alpha value is -3.45. The van der Waals surface area contributed by atoms with E-state index in [1.54, 1.807) is 19.2 Å². The first kappa shape index (κ1) is 24.2. The molecule has 2 aromatic carbocycles. The Bertz CT molecular complexity index is 1170. The normalized spacial score (nSPS) is 11.5. The van der Waals surface area contributed by atoms with E-state index in [1.807, 2.05) is 12.1 Å². The summed E-state index contributed by atoms with van der Waals surface area (Å²) in [5.41, 5.74) is 2.27. The third-order valence-electron chi connectivity index (χ3n) is 4.06. The Labute approximate surface area is 195 Å². The lowest BCUT2D eigenvalue weighted by atomic mass is 10.2. The molecular weight excluding hydrogens is 483 g/mol. The highest BCUT2D eigenvalue weighted by atomic mass is 35.5. The summed E-state index contributed by atoms with van der Waals surface area (Å²) >= 11 is 6.51. The molecule has 0 aliphatic rings. The molecule has 0 spiro atoms. The number of ether oxygens (including phenoxy) is 1. The van der Waals surface area contributed by atoms with Gasteiger partial charge in [-0.15, -0.1) is 10.2 Å². The predicted molar refractivity (Wildman–Crippen MR) is 120 cm³/mol. The van der Waals surface area contributed by atoms with Gasteiger partial charge in [-0.3, -0.25) is 4.79 Å². The molecule has 9 nitrogen and oxygen atoms in total. The van der Waals surface area contributed by atoms with Gasteiger partial charge in [0.1, 0.15) is 5.75 Å². The molecule has 0 fully saturated rings. The number of alkyl halides is 3. The van der Waals surface area contributed by atoms with Crippen molar-refractivity contribution in [3.8, 4) is 5.75 Å². The van der Waals surface area contributed by atoms with Crippen molar-refractivity contribution < 1.29 is 22.7 Å². The van der Waals surface area contributed by atoms with E-state index in [4.69, 9.17) is 22.2 Å². The van der Waals surface area contributed by atoms with Crippen LogP contribution in [0.2, 0.25) is 5.02 Å². The maximum absolute atomic E-state index is 12.9. The van der Waals surface area contributed by atoms with E-state index < -0.39 is 22.7 Å². The van der Waals surface area contributed by atoms with Crippen LogP contribution >= 0.6 is 23.4 Å². The second-order valence-corrected chi connectivity index (χ2v) is 7.67. The number of carbonyl (C=O) groups excluding carboxylic acids is 1. The first-order valence-electron chi connectivity index (χ1n) is 9.11. The van der Waals surface area contributed by atoms with Gasteiger partial charge in [-0.05, 0) is 30.3 Å². The van der Waals surface area contributed by atoms with Crippen LogP contribution < -0.4 is 21.3 Å². The first-order valence-corrected chi connectivity index (χ1v) is 10.5. The zero-order valence-electron chi connectivity index (χ0n) is 16.9. The molecule has 14 heteroatoms. The summed E-state index contributed by atoms with van der Waals surface area (Å²) in [6.07, 6.45) is -3.13. The lowest BCUT2D eigenvalue weighted by Gasteiger charge is -2.11. The van der Waals surface area contributed by atoms with Crippen LogP contribution in [0.5, 0.6) is 5.75 Å². The van der Waals surface area contributed by atoms with Crippen molar-refractivity contribution in [1.29, 1.82) is 0 Å². The monoisotopic (exact) mass is 499 g/mol. The number of nitrogens with zero attached hydrogens (tertiary/aromatic N) is 4. The minimum absolute atomic E-state index is 0.0421. The summed E-state index contributed by atoms with van der Waals surface area (Å²) in [6, 6.07) is 10.3. The number of halogens is 4. The quantitative estimate of drug-likeness (QED) is 0.186. The van der Waals surface area contributed by atoms with Crippen molar-refractivity contribution in [2.45, 2.75) is 11.3 Å². The number of benzene rings is 2. The van der Waals surface area contributed by atoms with Crippen LogP contribution in [0.3, 0.4) is 0 Å². The van der Waals surface area contributed by atoms with Crippen LogP contribution in [0, 0.1) is 0 Å². The van der Waals surface area contributed by atoms with Gasteiger partial charge in [-0.2, -0.15) is 18.3 Å². The molecular formula is C19H17ClF3N7O2S. The predicted octanol–water partition coefficient (Wildman–Crippen LogP) is 3.85. The number of thioether (sulfide) groups is 1. The number of carbonyl (C=O) groups is 1. The highest BCUT2D eigenvalue weighted by Crippen LogP contribution is 2.36. The van der Waals surface area contributed by atoms with Crippen molar-refractivity contribution in [1.82, 2.24) is 14.9 Å². The molecule has 0 atom stereocenters. The number of hydrogen-bond acceptors (Lipinski definition) is 8. The number of hydrogen-bond donors (Lipinski definition) is 3. The zero-order valence-corrected chi connectivity index (χ0v) is 18.5. The minimum Gasteiger partial charge on any atom is -0.496 e. The van der Waals surface area contributed by atoms with E-state index in [1.165, 1.54) is 12.3 Å². The third kappa shape index (κ3) is 6.29. The molecule has 4 N–H and O–H groups in total. The average Bonchev–Trinajstić information content (AvgIpc) is 3.12. The molecule has 0 aliphatic carbocycles. The summed E-state index contributed by atoms with van der Waals surface area (Å²) in [7, 11) is 1.54. The molecule has 174 valence electrons. The maximum atomic E-state index is 12.9. The highest BCUT2D eigenvalue weighted by molar-refractivity contribution is 7.99. The Kier molecular flexibility index (Phi) is 7.66. The van der Waals surface area contributed by atoms with E-state index in [0.29, 0.717) is 5.75 Å². The van der Waals surface area contributed by atoms with Crippen LogP contribution in [-0.2, 0) is 11.0 Å². The summed E-state index contributed by atoms with van der Waals surface area (Å²) in [5, 5.41) is 13.8. The molecule has 0 bridgehead atoms. The third-order valence-corrected chi connectivity index (χ3v) is 5.33. The molecule has 0 radical (unpaired) electrons. The zero-order chi connectivity index (χ0) is 24.0. The number of anilines is 2. The second kappa shape index (κ2) is 10.4. The van der Waals surface area contributed by atoms with Gasteiger partial charge < -0.3 is 15.9 Å².